The molecule has 0 unspecified atom stereocenters. The number of halogens is 1. The molecule has 0 aliphatic rings. The number of benzene rings is 2. The van der Waals surface area contributed by atoms with Crippen LogP contribution in [0, 0.1) is 6.92 Å². The second-order valence-corrected chi connectivity index (χ2v) is 5.63. The Kier molecular flexibility index (Phi) is 5.36. The van der Waals surface area contributed by atoms with E-state index in [1.54, 1.807) is 6.07 Å². The van der Waals surface area contributed by atoms with Crippen molar-refractivity contribution in [1.82, 2.24) is 0 Å². The van der Waals surface area contributed by atoms with Gasteiger partial charge in [-0.25, -0.2) is 0 Å². The maximum absolute atomic E-state index is 11.2. The van der Waals surface area contributed by atoms with Crippen LogP contribution < -0.4 is 10.6 Å². The summed E-state index contributed by atoms with van der Waals surface area (Å²) in [6, 6.07) is 13.6. The van der Waals surface area contributed by atoms with Gasteiger partial charge in [0.1, 0.15) is 6.61 Å². The zero-order valence-electron chi connectivity index (χ0n) is 11.7. The van der Waals surface area contributed by atoms with Gasteiger partial charge in [0.2, 0.25) is 5.91 Å². The Hall–Kier alpha value is -1.85. The average molecular weight is 349 g/mol. The maximum Gasteiger partial charge on any atom is 0.250 e. The van der Waals surface area contributed by atoms with Gasteiger partial charge in [0.25, 0.3) is 0 Å². The SMILES string of the molecule is Cc1cc(Br)ccc1CNc1cccc(NC(=O)CO)c1. The Labute approximate surface area is 132 Å². The summed E-state index contributed by atoms with van der Waals surface area (Å²) in [5.74, 6) is -0.420. The Morgan fingerprint density at radius 2 is 1.95 bits per heavy atom. The van der Waals surface area contributed by atoms with Crippen molar-refractivity contribution in [2.75, 3.05) is 17.2 Å². The molecule has 0 aromatic heterocycles. The van der Waals surface area contributed by atoms with Gasteiger partial charge in [-0.05, 0) is 48.4 Å². The van der Waals surface area contributed by atoms with Crippen LogP contribution in [0.4, 0.5) is 11.4 Å². The summed E-state index contributed by atoms with van der Waals surface area (Å²) >= 11 is 3.45. The molecule has 2 aromatic carbocycles. The van der Waals surface area contributed by atoms with E-state index in [1.165, 1.54) is 11.1 Å². The third-order valence-electron chi connectivity index (χ3n) is 3.08. The minimum atomic E-state index is -0.518. The van der Waals surface area contributed by atoms with Crippen molar-refractivity contribution < 1.29 is 9.90 Å². The van der Waals surface area contributed by atoms with E-state index in [2.05, 4.69) is 45.6 Å². The molecule has 0 radical (unpaired) electrons. The molecule has 1 amide bonds. The molecule has 0 heterocycles. The highest BCUT2D eigenvalue weighted by Crippen LogP contribution is 2.19. The van der Waals surface area contributed by atoms with Crippen LogP contribution in [0.2, 0.25) is 0 Å². The molecule has 5 heteroatoms. The smallest absolute Gasteiger partial charge is 0.250 e. The number of hydrogen-bond donors (Lipinski definition) is 3. The molecule has 2 aromatic rings. The van der Waals surface area contributed by atoms with Gasteiger partial charge < -0.3 is 15.7 Å². The van der Waals surface area contributed by atoms with Gasteiger partial charge in [-0.15, -0.1) is 0 Å². The molecule has 4 nitrogen and oxygen atoms in total. The molecule has 0 aliphatic heterocycles. The molecular weight excluding hydrogens is 332 g/mol. The van der Waals surface area contributed by atoms with E-state index in [-0.39, 0.29) is 0 Å². The number of amides is 1. The van der Waals surface area contributed by atoms with Crippen molar-refractivity contribution in [3.63, 3.8) is 0 Å². The van der Waals surface area contributed by atoms with Gasteiger partial charge in [-0.2, -0.15) is 0 Å². The fraction of sp³-hybridized carbons (Fsp3) is 0.188. The molecule has 0 atom stereocenters. The van der Waals surface area contributed by atoms with Crippen LogP contribution in [0.1, 0.15) is 11.1 Å². The molecule has 0 bridgehead atoms. The van der Waals surface area contributed by atoms with Crippen molar-refractivity contribution in [1.29, 1.82) is 0 Å². The molecule has 3 N–H and O–H groups in total. The summed E-state index contributed by atoms with van der Waals surface area (Å²) in [5.41, 5.74) is 3.99. The Balaban J connectivity index is 2.03. The minimum absolute atomic E-state index is 0.420. The van der Waals surface area contributed by atoms with Crippen LogP contribution in [0.5, 0.6) is 0 Å². The highest BCUT2D eigenvalue weighted by molar-refractivity contribution is 9.10. The number of carbonyl (C=O) groups excluding carboxylic acids is 1. The average Bonchev–Trinajstić information content (AvgIpc) is 2.46. The van der Waals surface area contributed by atoms with Crippen LogP contribution in [0.15, 0.2) is 46.9 Å². The van der Waals surface area contributed by atoms with E-state index < -0.39 is 12.5 Å². The van der Waals surface area contributed by atoms with Crippen molar-refractivity contribution in [3.05, 3.63) is 58.1 Å². The largest absolute Gasteiger partial charge is 0.387 e. The number of aryl methyl sites for hydroxylation is 1. The van der Waals surface area contributed by atoms with E-state index in [0.29, 0.717) is 12.2 Å². The number of rotatable bonds is 5. The van der Waals surface area contributed by atoms with E-state index in [4.69, 9.17) is 5.11 Å². The summed E-state index contributed by atoms with van der Waals surface area (Å²) in [6.45, 7) is 2.26. The van der Waals surface area contributed by atoms with Gasteiger partial charge in [0, 0.05) is 22.4 Å². The fourth-order valence-corrected chi connectivity index (χ4v) is 2.44. The molecule has 2 rings (SSSR count). The van der Waals surface area contributed by atoms with E-state index >= 15 is 0 Å². The minimum Gasteiger partial charge on any atom is -0.387 e. The van der Waals surface area contributed by atoms with Gasteiger partial charge in [-0.3, -0.25) is 4.79 Å². The van der Waals surface area contributed by atoms with Crippen LogP contribution >= 0.6 is 15.9 Å². The number of aliphatic hydroxyl groups is 1. The summed E-state index contributed by atoms with van der Waals surface area (Å²) in [7, 11) is 0. The van der Waals surface area contributed by atoms with E-state index in [1.807, 2.05) is 24.3 Å². The second kappa shape index (κ2) is 7.24. The summed E-state index contributed by atoms with van der Waals surface area (Å²) < 4.78 is 1.07. The van der Waals surface area contributed by atoms with Crippen LogP contribution in [0.25, 0.3) is 0 Å². The first kappa shape index (κ1) is 15.5. The summed E-state index contributed by atoms with van der Waals surface area (Å²) in [5, 5.41) is 14.7. The number of carbonyl (C=O) groups is 1. The lowest BCUT2D eigenvalue weighted by Gasteiger charge is -2.11. The monoisotopic (exact) mass is 348 g/mol. The number of aliphatic hydroxyl groups excluding tert-OH is 1. The quantitative estimate of drug-likeness (QED) is 0.776. The second-order valence-electron chi connectivity index (χ2n) is 4.71. The third-order valence-corrected chi connectivity index (χ3v) is 3.57. The summed E-state index contributed by atoms with van der Waals surface area (Å²) in [6.07, 6.45) is 0. The molecule has 110 valence electrons. The predicted octanol–water partition coefficient (Wildman–Crippen LogP) is 3.30. The van der Waals surface area contributed by atoms with Gasteiger partial charge in [0.05, 0.1) is 0 Å². The normalized spacial score (nSPS) is 10.2. The first-order valence-corrected chi connectivity index (χ1v) is 7.37. The van der Waals surface area contributed by atoms with Crippen molar-refractivity contribution in [2.24, 2.45) is 0 Å². The zero-order chi connectivity index (χ0) is 15.2. The zero-order valence-corrected chi connectivity index (χ0v) is 13.3. The third kappa shape index (κ3) is 4.58. The molecular formula is C16H17BrN2O2. The van der Waals surface area contributed by atoms with Gasteiger partial charge in [0.15, 0.2) is 0 Å². The highest BCUT2D eigenvalue weighted by atomic mass is 79.9. The number of nitrogens with one attached hydrogen (secondary N) is 2. The standard InChI is InChI=1S/C16H17BrN2O2/c1-11-7-13(17)6-5-12(11)9-18-14-3-2-4-15(8-14)19-16(21)10-20/h2-8,18,20H,9-10H2,1H3,(H,19,21). The first-order valence-electron chi connectivity index (χ1n) is 6.58. The van der Waals surface area contributed by atoms with Crippen LogP contribution in [0.3, 0.4) is 0 Å². The van der Waals surface area contributed by atoms with Crippen LogP contribution in [-0.4, -0.2) is 17.6 Å². The Bertz CT molecular complexity index is 644. The summed E-state index contributed by atoms with van der Waals surface area (Å²) in [4.78, 5) is 11.2. The van der Waals surface area contributed by atoms with Gasteiger partial charge >= 0.3 is 0 Å². The molecule has 21 heavy (non-hydrogen) atoms. The lowest BCUT2D eigenvalue weighted by Crippen LogP contribution is -2.15. The number of anilines is 2. The molecule has 0 spiro atoms. The van der Waals surface area contributed by atoms with Crippen LogP contribution in [-0.2, 0) is 11.3 Å². The topological polar surface area (TPSA) is 61.4 Å². The van der Waals surface area contributed by atoms with Crippen molar-refractivity contribution in [2.45, 2.75) is 13.5 Å². The highest BCUT2D eigenvalue weighted by Gasteiger charge is 2.02. The fourth-order valence-electron chi connectivity index (χ4n) is 1.96. The van der Waals surface area contributed by atoms with Crippen molar-refractivity contribution in [3.8, 4) is 0 Å². The molecule has 0 fully saturated rings. The lowest BCUT2D eigenvalue weighted by molar-refractivity contribution is -0.118. The van der Waals surface area contributed by atoms with E-state index in [9.17, 15) is 4.79 Å². The lowest BCUT2D eigenvalue weighted by atomic mass is 10.1. The predicted molar refractivity (Wildman–Crippen MR) is 88.4 cm³/mol. The van der Waals surface area contributed by atoms with Crippen molar-refractivity contribution >= 4 is 33.2 Å². The molecule has 0 saturated heterocycles. The Morgan fingerprint density at radius 1 is 1.19 bits per heavy atom. The van der Waals surface area contributed by atoms with Gasteiger partial charge in [-0.1, -0.05) is 28.1 Å². The first-order chi connectivity index (χ1) is 10.1. The maximum atomic E-state index is 11.2. The Morgan fingerprint density at radius 3 is 2.67 bits per heavy atom. The molecule has 0 saturated carbocycles. The molecule has 0 aliphatic carbocycles. The number of hydrogen-bond acceptors (Lipinski definition) is 3. The van der Waals surface area contributed by atoms with E-state index in [0.717, 1.165) is 10.2 Å².